The van der Waals surface area contributed by atoms with E-state index in [0.717, 1.165) is 10.3 Å². The zero-order valence-corrected chi connectivity index (χ0v) is 14.2. The van der Waals surface area contributed by atoms with Crippen molar-refractivity contribution in [3.63, 3.8) is 0 Å². The summed E-state index contributed by atoms with van der Waals surface area (Å²) in [4.78, 5) is 24.3. The van der Waals surface area contributed by atoms with Gasteiger partial charge in [0.05, 0.1) is 0 Å². The molecule has 0 atom stereocenters. The van der Waals surface area contributed by atoms with E-state index in [1.54, 1.807) is 36.0 Å². The largest absolute Gasteiger partial charge is 0.423 e. The van der Waals surface area contributed by atoms with E-state index in [2.05, 4.69) is 5.32 Å². The van der Waals surface area contributed by atoms with Crippen LogP contribution in [0.25, 0.3) is 11.0 Å². The first-order valence-corrected chi connectivity index (χ1v) is 8.69. The van der Waals surface area contributed by atoms with Crippen LogP contribution in [0.2, 0.25) is 5.02 Å². The van der Waals surface area contributed by atoms with Gasteiger partial charge in [0.1, 0.15) is 5.58 Å². The van der Waals surface area contributed by atoms with Gasteiger partial charge in [-0.05, 0) is 48.5 Å². The Hall–Kier alpha value is -2.24. The maximum atomic E-state index is 12.0. The molecule has 1 amide bonds. The molecule has 3 aromatic rings. The molecule has 0 bridgehead atoms. The molecule has 1 heterocycles. The molecule has 1 aromatic heterocycles. The zero-order chi connectivity index (χ0) is 16.9. The minimum Gasteiger partial charge on any atom is -0.423 e. The molecule has 24 heavy (non-hydrogen) atoms. The Labute approximate surface area is 147 Å². The van der Waals surface area contributed by atoms with Crippen LogP contribution in [0, 0.1) is 0 Å². The fourth-order valence-electron chi connectivity index (χ4n) is 2.17. The Morgan fingerprint density at radius 3 is 2.67 bits per heavy atom. The van der Waals surface area contributed by atoms with Crippen LogP contribution in [0.15, 0.2) is 68.7 Å². The second kappa shape index (κ2) is 7.55. The molecule has 0 saturated carbocycles. The van der Waals surface area contributed by atoms with Crippen LogP contribution >= 0.6 is 23.4 Å². The van der Waals surface area contributed by atoms with E-state index in [9.17, 15) is 9.59 Å². The molecule has 0 saturated heterocycles. The highest BCUT2D eigenvalue weighted by Gasteiger charge is 2.05. The van der Waals surface area contributed by atoms with Crippen LogP contribution < -0.4 is 10.9 Å². The molecule has 0 unspecified atom stereocenters. The van der Waals surface area contributed by atoms with Crippen molar-refractivity contribution in [2.24, 2.45) is 0 Å². The molecule has 1 N–H and O–H groups in total. The number of halogens is 1. The summed E-state index contributed by atoms with van der Waals surface area (Å²) in [6.45, 7) is 0. The molecule has 6 heteroatoms. The number of carbonyl (C=O) groups is 1. The van der Waals surface area contributed by atoms with Crippen LogP contribution in [0.1, 0.15) is 6.42 Å². The van der Waals surface area contributed by atoms with Gasteiger partial charge in [-0.25, -0.2) is 4.79 Å². The molecular weight excluding hydrogens is 346 g/mol. The highest BCUT2D eigenvalue weighted by molar-refractivity contribution is 7.99. The van der Waals surface area contributed by atoms with Crippen LogP contribution in [0.3, 0.4) is 0 Å². The minimum atomic E-state index is -0.390. The molecule has 4 nitrogen and oxygen atoms in total. The van der Waals surface area contributed by atoms with Gasteiger partial charge in [0.25, 0.3) is 0 Å². The molecule has 122 valence electrons. The average molecular weight is 360 g/mol. The predicted molar refractivity (Wildman–Crippen MR) is 97.9 cm³/mol. The maximum Gasteiger partial charge on any atom is 0.336 e. The number of nitrogens with one attached hydrogen (secondary N) is 1. The van der Waals surface area contributed by atoms with E-state index >= 15 is 0 Å². The Morgan fingerprint density at radius 2 is 1.88 bits per heavy atom. The number of rotatable bonds is 5. The van der Waals surface area contributed by atoms with Crippen molar-refractivity contribution >= 4 is 45.9 Å². The van der Waals surface area contributed by atoms with Crippen LogP contribution in [-0.2, 0) is 4.79 Å². The molecule has 0 radical (unpaired) electrons. The van der Waals surface area contributed by atoms with Gasteiger partial charge in [-0.2, -0.15) is 0 Å². The van der Waals surface area contributed by atoms with Gasteiger partial charge in [0, 0.05) is 39.2 Å². The van der Waals surface area contributed by atoms with Gasteiger partial charge in [-0.15, -0.1) is 11.8 Å². The fraction of sp³-hybridized carbons (Fsp3) is 0.111. The summed E-state index contributed by atoms with van der Waals surface area (Å²) in [5, 5.41) is 4.32. The van der Waals surface area contributed by atoms with Crippen LogP contribution in [0.5, 0.6) is 0 Å². The molecule has 3 rings (SSSR count). The second-order valence-corrected chi connectivity index (χ2v) is 6.71. The number of thioether (sulfide) groups is 1. The quantitative estimate of drug-likeness (QED) is 0.535. The van der Waals surface area contributed by atoms with Gasteiger partial charge in [0.15, 0.2) is 0 Å². The van der Waals surface area contributed by atoms with Crippen LogP contribution in [0.4, 0.5) is 5.69 Å². The Kier molecular flexibility index (Phi) is 5.23. The molecular formula is C18H14ClNO3S. The van der Waals surface area contributed by atoms with Crippen molar-refractivity contribution in [1.29, 1.82) is 0 Å². The van der Waals surface area contributed by atoms with Crippen LogP contribution in [-0.4, -0.2) is 11.7 Å². The van der Waals surface area contributed by atoms with E-state index in [0.29, 0.717) is 28.5 Å². The predicted octanol–water partition coefficient (Wildman–Crippen LogP) is 4.57. The van der Waals surface area contributed by atoms with E-state index in [1.165, 1.54) is 6.07 Å². The SMILES string of the molecule is O=C(CCSc1ccc(Cl)cc1)Nc1ccc2oc(=O)ccc2c1. The summed E-state index contributed by atoms with van der Waals surface area (Å²) in [5.74, 6) is 0.615. The van der Waals surface area contributed by atoms with Crippen molar-refractivity contribution in [2.45, 2.75) is 11.3 Å². The smallest absolute Gasteiger partial charge is 0.336 e. The highest BCUT2D eigenvalue weighted by atomic mass is 35.5. The third kappa shape index (κ3) is 4.40. The molecule has 0 spiro atoms. The minimum absolute atomic E-state index is 0.0619. The Morgan fingerprint density at radius 1 is 1.08 bits per heavy atom. The number of hydrogen-bond acceptors (Lipinski definition) is 4. The normalized spacial score (nSPS) is 10.7. The number of hydrogen-bond donors (Lipinski definition) is 1. The summed E-state index contributed by atoms with van der Waals surface area (Å²) in [6, 6.07) is 15.7. The average Bonchev–Trinajstić information content (AvgIpc) is 2.57. The van der Waals surface area contributed by atoms with Crippen molar-refractivity contribution in [1.82, 2.24) is 0 Å². The number of anilines is 1. The number of amides is 1. The molecule has 0 aliphatic carbocycles. The van der Waals surface area contributed by atoms with Gasteiger partial charge in [0.2, 0.25) is 5.91 Å². The van der Waals surface area contributed by atoms with Crippen molar-refractivity contribution in [3.05, 3.63) is 70.0 Å². The van der Waals surface area contributed by atoms with Crippen molar-refractivity contribution in [2.75, 3.05) is 11.1 Å². The summed E-state index contributed by atoms with van der Waals surface area (Å²) in [5.41, 5.74) is 0.787. The van der Waals surface area contributed by atoms with Gasteiger partial charge < -0.3 is 9.73 Å². The monoisotopic (exact) mass is 359 g/mol. The van der Waals surface area contributed by atoms with Crippen molar-refractivity contribution in [3.8, 4) is 0 Å². The van der Waals surface area contributed by atoms with E-state index in [1.807, 2.05) is 24.3 Å². The summed E-state index contributed by atoms with van der Waals surface area (Å²) < 4.78 is 5.06. The lowest BCUT2D eigenvalue weighted by atomic mass is 10.2. The second-order valence-electron chi connectivity index (χ2n) is 5.11. The van der Waals surface area contributed by atoms with Crippen molar-refractivity contribution < 1.29 is 9.21 Å². The first-order chi connectivity index (χ1) is 11.6. The van der Waals surface area contributed by atoms with Gasteiger partial charge in [-0.3, -0.25) is 4.79 Å². The lowest BCUT2D eigenvalue weighted by Crippen LogP contribution is -2.12. The number of carbonyl (C=O) groups excluding carboxylic acids is 1. The first kappa shape index (κ1) is 16.6. The third-order valence-electron chi connectivity index (χ3n) is 3.31. The van der Waals surface area contributed by atoms with Gasteiger partial charge >= 0.3 is 5.63 Å². The Balaban J connectivity index is 1.55. The zero-order valence-electron chi connectivity index (χ0n) is 12.6. The molecule has 0 aliphatic rings. The highest BCUT2D eigenvalue weighted by Crippen LogP contribution is 2.22. The molecule has 0 fully saturated rings. The first-order valence-electron chi connectivity index (χ1n) is 7.32. The van der Waals surface area contributed by atoms with Gasteiger partial charge in [-0.1, -0.05) is 11.6 Å². The summed E-state index contributed by atoms with van der Waals surface area (Å²) >= 11 is 7.44. The standard InChI is InChI=1S/C18H14ClNO3S/c19-13-2-5-15(6-3-13)24-10-9-17(21)20-14-4-7-16-12(11-14)1-8-18(22)23-16/h1-8,11H,9-10H2,(H,20,21). The number of benzene rings is 2. The summed E-state index contributed by atoms with van der Waals surface area (Å²) in [7, 11) is 0. The Bertz CT molecular complexity index is 921. The lowest BCUT2D eigenvalue weighted by Gasteiger charge is -2.06. The third-order valence-corrected chi connectivity index (χ3v) is 4.58. The number of fused-ring (bicyclic) bond motifs is 1. The lowest BCUT2D eigenvalue weighted by molar-refractivity contribution is -0.115. The molecule has 0 aliphatic heterocycles. The van der Waals surface area contributed by atoms with E-state index in [-0.39, 0.29) is 5.91 Å². The molecule has 2 aromatic carbocycles. The summed E-state index contributed by atoms with van der Waals surface area (Å²) in [6.07, 6.45) is 0.398. The van der Waals surface area contributed by atoms with E-state index < -0.39 is 5.63 Å². The topological polar surface area (TPSA) is 59.3 Å². The van der Waals surface area contributed by atoms with E-state index in [4.69, 9.17) is 16.0 Å². The maximum absolute atomic E-state index is 12.0. The fourth-order valence-corrected chi connectivity index (χ4v) is 3.14.